The smallest absolute Gasteiger partial charge is 0.155 e. The number of nitrogens with zero attached hydrogens (tertiary/aromatic N) is 1. The Bertz CT molecular complexity index is 984. The lowest BCUT2D eigenvalue weighted by Gasteiger charge is -2.18. The molecular weight excluding hydrogens is 306 g/mol. The second-order valence-corrected chi connectivity index (χ2v) is 6.89. The number of allylic oxidation sites excluding steroid dienone is 1. The SMILES string of the molecule is CCN1/C(=C/C(C)=O)Sc2ccc3oc4ccc(C)cc4c3c21. The highest BCUT2D eigenvalue weighted by Crippen LogP contribution is 2.51. The number of carbonyl (C=O) groups is 1. The van der Waals surface area contributed by atoms with Crippen LogP contribution in [0.25, 0.3) is 21.9 Å². The first-order valence-electron chi connectivity index (χ1n) is 7.72. The van der Waals surface area contributed by atoms with E-state index < -0.39 is 0 Å². The number of furan rings is 1. The summed E-state index contributed by atoms with van der Waals surface area (Å²) in [6.45, 7) is 6.61. The van der Waals surface area contributed by atoms with Gasteiger partial charge in [0.1, 0.15) is 11.2 Å². The molecule has 0 amide bonds. The van der Waals surface area contributed by atoms with Crippen LogP contribution in [0.3, 0.4) is 0 Å². The van der Waals surface area contributed by atoms with Crippen molar-refractivity contribution in [2.24, 2.45) is 0 Å². The summed E-state index contributed by atoms with van der Waals surface area (Å²) in [5.41, 5.74) is 4.18. The highest BCUT2D eigenvalue weighted by Gasteiger charge is 2.28. The first-order chi connectivity index (χ1) is 11.1. The van der Waals surface area contributed by atoms with Crippen molar-refractivity contribution >= 4 is 45.2 Å². The van der Waals surface area contributed by atoms with Crippen molar-refractivity contribution in [3.63, 3.8) is 0 Å². The number of anilines is 1. The summed E-state index contributed by atoms with van der Waals surface area (Å²) in [6.07, 6.45) is 1.72. The van der Waals surface area contributed by atoms with Crippen LogP contribution >= 0.6 is 11.8 Å². The maximum absolute atomic E-state index is 11.5. The minimum atomic E-state index is 0.0721. The van der Waals surface area contributed by atoms with Crippen LogP contribution < -0.4 is 4.90 Å². The minimum Gasteiger partial charge on any atom is -0.456 e. The Morgan fingerprint density at radius 2 is 2.04 bits per heavy atom. The topological polar surface area (TPSA) is 33.5 Å². The Balaban J connectivity index is 2.06. The predicted molar refractivity (Wildman–Crippen MR) is 96.1 cm³/mol. The van der Waals surface area contributed by atoms with Crippen LogP contribution in [-0.4, -0.2) is 12.3 Å². The minimum absolute atomic E-state index is 0.0721. The van der Waals surface area contributed by atoms with Crippen LogP contribution in [-0.2, 0) is 4.79 Å². The van der Waals surface area contributed by atoms with E-state index in [-0.39, 0.29) is 5.78 Å². The summed E-state index contributed by atoms with van der Waals surface area (Å²) in [6, 6.07) is 10.4. The second-order valence-electron chi connectivity index (χ2n) is 5.83. The number of ketones is 1. The van der Waals surface area contributed by atoms with E-state index in [0.717, 1.165) is 39.2 Å². The zero-order valence-corrected chi connectivity index (χ0v) is 14.2. The number of aryl methyl sites for hydroxylation is 1. The third kappa shape index (κ3) is 2.17. The highest BCUT2D eigenvalue weighted by molar-refractivity contribution is 8.03. The molecule has 0 radical (unpaired) electrons. The molecular formula is C19H17NO2S. The normalized spacial score (nSPS) is 15.8. The first-order valence-corrected chi connectivity index (χ1v) is 8.53. The van der Waals surface area contributed by atoms with Gasteiger partial charge < -0.3 is 9.32 Å². The molecule has 116 valence electrons. The molecule has 0 aliphatic carbocycles. The van der Waals surface area contributed by atoms with Crippen LogP contribution in [0, 0.1) is 6.92 Å². The van der Waals surface area contributed by atoms with E-state index in [9.17, 15) is 4.79 Å². The summed E-state index contributed by atoms with van der Waals surface area (Å²) in [7, 11) is 0. The lowest BCUT2D eigenvalue weighted by Crippen LogP contribution is -2.17. The monoisotopic (exact) mass is 323 g/mol. The quantitative estimate of drug-likeness (QED) is 0.603. The Morgan fingerprint density at radius 3 is 2.78 bits per heavy atom. The maximum Gasteiger partial charge on any atom is 0.155 e. The van der Waals surface area contributed by atoms with Gasteiger partial charge in [-0.15, -0.1) is 0 Å². The Kier molecular flexibility index (Phi) is 3.23. The van der Waals surface area contributed by atoms with Crippen molar-refractivity contribution in [3.8, 4) is 0 Å². The average Bonchev–Trinajstić information content (AvgIpc) is 3.03. The van der Waals surface area contributed by atoms with Gasteiger partial charge in [0.05, 0.1) is 16.1 Å². The number of rotatable bonds is 2. The van der Waals surface area contributed by atoms with Gasteiger partial charge >= 0.3 is 0 Å². The molecule has 0 saturated heterocycles. The lowest BCUT2D eigenvalue weighted by atomic mass is 10.1. The summed E-state index contributed by atoms with van der Waals surface area (Å²) in [5, 5.41) is 3.27. The Labute approximate surface area is 138 Å². The molecule has 1 aliphatic rings. The van der Waals surface area contributed by atoms with Gasteiger partial charge in [0, 0.05) is 22.9 Å². The molecule has 0 atom stereocenters. The summed E-state index contributed by atoms with van der Waals surface area (Å²) in [5.74, 6) is 0.0721. The molecule has 2 heterocycles. The van der Waals surface area contributed by atoms with Gasteiger partial charge in [-0.1, -0.05) is 23.4 Å². The maximum atomic E-state index is 11.5. The molecule has 0 saturated carbocycles. The van der Waals surface area contributed by atoms with Crippen LogP contribution in [0.2, 0.25) is 0 Å². The number of thioether (sulfide) groups is 1. The molecule has 2 aromatic carbocycles. The van der Waals surface area contributed by atoms with E-state index in [1.165, 1.54) is 10.5 Å². The number of carbonyl (C=O) groups excluding carboxylic acids is 1. The third-order valence-electron chi connectivity index (χ3n) is 4.12. The molecule has 0 bridgehead atoms. The van der Waals surface area contributed by atoms with Crippen LogP contribution in [0.4, 0.5) is 5.69 Å². The molecule has 23 heavy (non-hydrogen) atoms. The lowest BCUT2D eigenvalue weighted by molar-refractivity contribution is -0.112. The summed E-state index contributed by atoms with van der Waals surface area (Å²) < 4.78 is 6.02. The van der Waals surface area contributed by atoms with Crippen LogP contribution in [0.15, 0.2) is 50.7 Å². The zero-order chi connectivity index (χ0) is 16.1. The average molecular weight is 323 g/mol. The van der Waals surface area contributed by atoms with Gasteiger partial charge in [0.15, 0.2) is 5.78 Å². The van der Waals surface area contributed by atoms with Crippen molar-refractivity contribution in [3.05, 3.63) is 47.0 Å². The summed E-state index contributed by atoms with van der Waals surface area (Å²) in [4.78, 5) is 14.9. The molecule has 1 aromatic heterocycles. The standard InChI is InChI=1S/C19H17NO2S/c1-4-20-17(10-12(3)21)23-16-8-7-15-18(19(16)20)13-9-11(2)5-6-14(13)22-15/h5-10H,4H2,1-3H3/b17-10-. The van der Waals surface area contributed by atoms with Crippen LogP contribution in [0.1, 0.15) is 19.4 Å². The fraction of sp³-hybridized carbons (Fsp3) is 0.211. The Morgan fingerprint density at radius 1 is 1.26 bits per heavy atom. The van der Waals surface area contributed by atoms with E-state index in [1.807, 2.05) is 12.1 Å². The zero-order valence-electron chi connectivity index (χ0n) is 13.3. The summed E-state index contributed by atoms with van der Waals surface area (Å²) >= 11 is 1.65. The molecule has 1 aliphatic heterocycles. The van der Waals surface area contributed by atoms with E-state index in [2.05, 4.69) is 36.9 Å². The Hall–Kier alpha value is -2.20. The van der Waals surface area contributed by atoms with E-state index >= 15 is 0 Å². The molecule has 0 unspecified atom stereocenters. The van der Waals surface area contributed by atoms with Gasteiger partial charge in [-0.25, -0.2) is 0 Å². The molecule has 3 nitrogen and oxygen atoms in total. The molecule has 4 heteroatoms. The van der Waals surface area contributed by atoms with Gasteiger partial charge in [0.2, 0.25) is 0 Å². The fourth-order valence-electron chi connectivity index (χ4n) is 3.17. The molecule has 4 rings (SSSR count). The second kappa shape index (κ2) is 5.17. The largest absolute Gasteiger partial charge is 0.456 e. The van der Waals surface area contributed by atoms with Crippen molar-refractivity contribution in [1.29, 1.82) is 0 Å². The van der Waals surface area contributed by atoms with E-state index in [0.29, 0.717) is 0 Å². The van der Waals surface area contributed by atoms with Gasteiger partial charge in [-0.3, -0.25) is 4.79 Å². The number of hydrogen-bond donors (Lipinski definition) is 0. The number of hydrogen-bond acceptors (Lipinski definition) is 4. The van der Waals surface area contributed by atoms with E-state index in [1.54, 1.807) is 24.8 Å². The molecule has 0 N–H and O–H groups in total. The van der Waals surface area contributed by atoms with Gasteiger partial charge in [-0.05, 0) is 45.0 Å². The number of fused-ring (bicyclic) bond motifs is 5. The molecule has 0 spiro atoms. The van der Waals surface area contributed by atoms with Crippen molar-refractivity contribution < 1.29 is 9.21 Å². The van der Waals surface area contributed by atoms with Crippen molar-refractivity contribution in [2.45, 2.75) is 25.7 Å². The molecule has 3 aromatic rings. The van der Waals surface area contributed by atoms with E-state index in [4.69, 9.17) is 4.42 Å². The number of benzene rings is 2. The van der Waals surface area contributed by atoms with Gasteiger partial charge in [-0.2, -0.15) is 0 Å². The fourth-order valence-corrected chi connectivity index (χ4v) is 4.39. The van der Waals surface area contributed by atoms with Crippen molar-refractivity contribution in [2.75, 3.05) is 11.4 Å². The predicted octanol–water partition coefficient (Wildman–Crippen LogP) is 5.26. The first kappa shape index (κ1) is 14.4. The third-order valence-corrected chi connectivity index (χ3v) is 5.22. The van der Waals surface area contributed by atoms with Gasteiger partial charge in [0.25, 0.3) is 0 Å². The molecule has 0 fully saturated rings. The van der Waals surface area contributed by atoms with Crippen LogP contribution in [0.5, 0.6) is 0 Å². The van der Waals surface area contributed by atoms with Crippen molar-refractivity contribution in [1.82, 2.24) is 0 Å². The highest BCUT2D eigenvalue weighted by atomic mass is 32.2.